The Balaban J connectivity index is 1.81. The molecule has 1 atom stereocenters. The van der Waals surface area contributed by atoms with Gasteiger partial charge in [-0.3, -0.25) is 4.90 Å². The predicted molar refractivity (Wildman–Crippen MR) is 102 cm³/mol. The van der Waals surface area contributed by atoms with Gasteiger partial charge < -0.3 is 4.90 Å². The third kappa shape index (κ3) is 4.57. The molecule has 2 saturated heterocycles. The molecule has 0 bridgehead atoms. The van der Waals surface area contributed by atoms with Crippen molar-refractivity contribution in [2.24, 2.45) is 0 Å². The lowest BCUT2D eigenvalue weighted by Crippen LogP contribution is -2.55. The van der Waals surface area contributed by atoms with Gasteiger partial charge in [-0.15, -0.1) is 0 Å². The molecule has 0 aromatic heterocycles. The fourth-order valence-electron chi connectivity index (χ4n) is 3.78. The number of hydrogen-bond donors (Lipinski definition) is 0. The minimum atomic E-state index is -3.00. The fraction of sp³-hybridized carbons (Fsp3) is 1.00. The molecule has 148 valence electrons. The molecule has 0 N–H and O–H groups in total. The van der Waals surface area contributed by atoms with E-state index in [1.807, 2.05) is 27.7 Å². The summed E-state index contributed by atoms with van der Waals surface area (Å²) in [6.07, 6.45) is 2.00. The molecule has 0 aromatic rings. The monoisotopic (exact) mass is 394 g/mol. The Hall–Kier alpha value is -0.180. The van der Waals surface area contributed by atoms with E-state index in [0.717, 1.165) is 19.4 Å². The van der Waals surface area contributed by atoms with Crippen molar-refractivity contribution in [3.63, 3.8) is 0 Å². The van der Waals surface area contributed by atoms with Gasteiger partial charge in [0, 0.05) is 32.2 Å². The highest BCUT2D eigenvalue weighted by atomic mass is 32.2. The molecular formula is C17H34N2O4S2. The zero-order valence-corrected chi connectivity index (χ0v) is 17.9. The lowest BCUT2D eigenvalue weighted by Gasteiger charge is -2.41. The van der Waals surface area contributed by atoms with Crippen molar-refractivity contribution in [2.45, 2.75) is 63.0 Å². The van der Waals surface area contributed by atoms with E-state index in [1.54, 1.807) is 0 Å². The molecule has 0 saturated carbocycles. The number of hydrogen-bond acceptors (Lipinski definition) is 6. The highest BCUT2D eigenvalue weighted by Crippen LogP contribution is 2.27. The molecule has 6 nitrogen and oxygen atoms in total. The van der Waals surface area contributed by atoms with E-state index < -0.39 is 29.2 Å². The SMILES string of the molecule is CC(CCCN1CCS(=O)(=O)C(C)(C)C1)N1CCS(=O)(=O)C(C)(C)C1. The van der Waals surface area contributed by atoms with Crippen molar-refractivity contribution in [2.75, 3.05) is 44.2 Å². The zero-order valence-electron chi connectivity index (χ0n) is 16.3. The van der Waals surface area contributed by atoms with Crippen LogP contribution in [0.3, 0.4) is 0 Å². The third-order valence-corrected chi connectivity index (χ3v) is 11.0. The lowest BCUT2D eigenvalue weighted by molar-refractivity contribution is 0.172. The van der Waals surface area contributed by atoms with Gasteiger partial charge in [0.1, 0.15) is 0 Å². The first kappa shape index (κ1) is 21.1. The van der Waals surface area contributed by atoms with Gasteiger partial charge in [-0.05, 0) is 54.0 Å². The standard InChI is InChI=1S/C17H34N2O4S2/c1-15(19-10-12-25(22,23)17(4,5)14-19)7-6-8-18-9-11-24(20,21)16(2,3)13-18/h15H,6-14H2,1-5H3. The maximum Gasteiger partial charge on any atom is 0.157 e. The molecule has 2 heterocycles. The molecule has 8 heteroatoms. The number of sulfone groups is 2. The summed E-state index contributed by atoms with van der Waals surface area (Å²) in [6.45, 7) is 12.7. The van der Waals surface area contributed by atoms with Crippen LogP contribution in [-0.4, -0.2) is 86.4 Å². The summed E-state index contributed by atoms with van der Waals surface area (Å²) in [5.41, 5.74) is 0. The van der Waals surface area contributed by atoms with Crippen LogP contribution in [0.25, 0.3) is 0 Å². The summed E-state index contributed by atoms with van der Waals surface area (Å²) in [5, 5.41) is 0. The van der Waals surface area contributed by atoms with Gasteiger partial charge in [-0.1, -0.05) is 0 Å². The van der Waals surface area contributed by atoms with Crippen molar-refractivity contribution in [1.29, 1.82) is 0 Å². The number of rotatable bonds is 5. The Morgan fingerprint density at radius 1 is 0.880 bits per heavy atom. The molecule has 0 radical (unpaired) electrons. The molecular weight excluding hydrogens is 360 g/mol. The van der Waals surface area contributed by atoms with E-state index in [0.29, 0.717) is 32.2 Å². The average Bonchev–Trinajstić information content (AvgIpc) is 2.45. The van der Waals surface area contributed by atoms with Gasteiger partial charge in [0.2, 0.25) is 0 Å². The average molecular weight is 395 g/mol. The normalized spacial score (nSPS) is 30.0. The first-order valence-electron chi connectivity index (χ1n) is 9.18. The molecule has 2 rings (SSSR count). The largest absolute Gasteiger partial charge is 0.301 e. The minimum Gasteiger partial charge on any atom is -0.301 e. The minimum absolute atomic E-state index is 0.239. The van der Waals surface area contributed by atoms with Gasteiger partial charge in [0.15, 0.2) is 19.7 Å². The summed E-state index contributed by atoms with van der Waals surface area (Å²) in [5.74, 6) is 0.482. The van der Waals surface area contributed by atoms with Crippen LogP contribution in [0, 0.1) is 0 Å². The Labute approximate surface area is 153 Å². The van der Waals surface area contributed by atoms with Gasteiger partial charge in [-0.25, -0.2) is 16.8 Å². The fourth-order valence-corrected chi connectivity index (χ4v) is 6.60. The molecule has 2 aliphatic rings. The van der Waals surface area contributed by atoms with Crippen LogP contribution < -0.4 is 0 Å². The third-order valence-electron chi connectivity index (χ3n) is 5.92. The highest BCUT2D eigenvalue weighted by Gasteiger charge is 2.41. The molecule has 2 aliphatic heterocycles. The second-order valence-corrected chi connectivity index (χ2v) is 14.4. The Kier molecular flexibility index (Phi) is 5.99. The first-order valence-corrected chi connectivity index (χ1v) is 12.5. The van der Waals surface area contributed by atoms with Crippen LogP contribution in [0.15, 0.2) is 0 Å². The number of nitrogens with zero attached hydrogens (tertiary/aromatic N) is 2. The van der Waals surface area contributed by atoms with Crippen LogP contribution in [0.1, 0.15) is 47.5 Å². The summed E-state index contributed by atoms with van der Waals surface area (Å²) in [7, 11) is -5.98. The molecule has 0 aliphatic carbocycles. The van der Waals surface area contributed by atoms with Crippen molar-refractivity contribution >= 4 is 19.7 Å². The van der Waals surface area contributed by atoms with Crippen LogP contribution in [0.5, 0.6) is 0 Å². The maximum atomic E-state index is 12.1. The first-order chi connectivity index (χ1) is 11.3. The van der Waals surface area contributed by atoms with Crippen LogP contribution >= 0.6 is 0 Å². The smallest absolute Gasteiger partial charge is 0.157 e. The topological polar surface area (TPSA) is 74.8 Å². The highest BCUT2D eigenvalue weighted by molar-refractivity contribution is 7.93. The van der Waals surface area contributed by atoms with E-state index in [2.05, 4.69) is 16.7 Å². The predicted octanol–water partition coefficient (Wildman–Crippen LogP) is 1.17. The Morgan fingerprint density at radius 3 is 1.92 bits per heavy atom. The van der Waals surface area contributed by atoms with Crippen molar-refractivity contribution < 1.29 is 16.8 Å². The van der Waals surface area contributed by atoms with Crippen molar-refractivity contribution in [1.82, 2.24) is 9.80 Å². The van der Waals surface area contributed by atoms with Gasteiger partial charge in [0.25, 0.3) is 0 Å². The van der Waals surface area contributed by atoms with Gasteiger partial charge >= 0.3 is 0 Å². The Bertz CT molecular complexity index is 683. The molecule has 1 unspecified atom stereocenters. The molecule has 0 amide bonds. The zero-order chi connectivity index (χ0) is 19.1. The van der Waals surface area contributed by atoms with Crippen LogP contribution in [-0.2, 0) is 19.7 Å². The molecule has 0 spiro atoms. The lowest BCUT2D eigenvalue weighted by atomic mass is 10.1. The van der Waals surface area contributed by atoms with Crippen LogP contribution in [0.4, 0.5) is 0 Å². The van der Waals surface area contributed by atoms with Crippen molar-refractivity contribution in [3.05, 3.63) is 0 Å². The quantitative estimate of drug-likeness (QED) is 0.697. The molecule has 25 heavy (non-hydrogen) atoms. The van der Waals surface area contributed by atoms with Crippen LogP contribution in [0.2, 0.25) is 0 Å². The van der Waals surface area contributed by atoms with E-state index in [-0.39, 0.29) is 11.5 Å². The molecule has 2 fully saturated rings. The van der Waals surface area contributed by atoms with Gasteiger partial charge in [0.05, 0.1) is 21.0 Å². The molecule has 0 aromatic carbocycles. The van der Waals surface area contributed by atoms with Gasteiger partial charge in [-0.2, -0.15) is 0 Å². The second-order valence-electron chi connectivity index (χ2n) is 8.90. The van der Waals surface area contributed by atoms with E-state index in [1.165, 1.54) is 0 Å². The summed E-state index contributed by atoms with van der Waals surface area (Å²) < 4.78 is 47.0. The second kappa shape index (κ2) is 7.09. The summed E-state index contributed by atoms with van der Waals surface area (Å²) >= 11 is 0. The Morgan fingerprint density at radius 2 is 1.40 bits per heavy atom. The summed E-state index contributed by atoms with van der Waals surface area (Å²) in [6, 6.07) is 0.344. The van der Waals surface area contributed by atoms with E-state index in [4.69, 9.17) is 0 Å². The summed E-state index contributed by atoms with van der Waals surface area (Å²) in [4.78, 5) is 4.53. The maximum absolute atomic E-state index is 12.1. The van der Waals surface area contributed by atoms with E-state index >= 15 is 0 Å². The van der Waals surface area contributed by atoms with Crippen molar-refractivity contribution in [3.8, 4) is 0 Å². The van der Waals surface area contributed by atoms with E-state index in [9.17, 15) is 16.8 Å².